The zero-order chi connectivity index (χ0) is 40.3. The lowest BCUT2D eigenvalue weighted by Gasteiger charge is -2.38. The van der Waals surface area contributed by atoms with E-state index in [0.29, 0.717) is 68.0 Å². The number of nitrogens with one attached hydrogen (secondary N) is 3. The number of ether oxygens (including phenoxy) is 3. The van der Waals surface area contributed by atoms with Crippen molar-refractivity contribution in [3.8, 4) is 0 Å². The highest BCUT2D eigenvalue weighted by Crippen LogP contribution is 2.45. The van der Waals surface area contributed by atoms with Crippen LogP contribution in [-0.2, 0) is 30.3 Å². The minimum atomic E-state index is -1.04. The Labute approximate surface area is 329 Å². The summed E-state index contributed by atoms with van der Waals surface area (Å²) in [5.41, 5.74) is 3.32. The minimum Gasteiger partial charge on any atom is -0.382 e. The standard InChI is InChI=1S/C40H38F2N8O8/c41-23-6-4-22(5-7-23)35-34(36-32-26(30(51)20-44-36)18-24(42)19-28(32)47-35)37-45-21-46-49(37)11-13-57-15-17-58-16-14-56-12-10-43-27-3-1-2-25-33(27)40(55)50(39(25)54)29-8-9-31(52)48-38(29)53/h1-7,18-19,21,29,34-35,43,47H,8-17,20H2,(H,48,52,53)/t29?,34-,35?/m1/s1. The Hall–Kier alpha value is -6.24. The van der Waals surface area contributed by atoms with Crippen LogP contribution >= 0.6 is 0 Å². The summed E-state index contributed by atoms with van der Waals surface area (Å²) in [6, 6.07) is 11.9. The number of aromatic nitrogens is 3. The van der Waals surface area contributed by atoms with Gasteiger partial charge in [-0.2, -0.15) is 5.10 Å². The van der Waals surface area contributed by atoms with Crippen LogP contribution in [0.3, 0.4) is 0 Å². The van der Waals surface area contributed by atoms with Gasteiger partial charge in [0.25, 0.3) is 11.8 Å². The molecule has 1 saturated heterocycles. The molecule has 0 saturated carbocycles. The zero-order valence-corrected chi connectivity index (χ0v) is 31.0. The maximum absolute atomic E-state index is 14.6. The molecule has 8 rings (SSSR count). The first-order valence-corrected chi connectivity index (χ1v) is 18.8. The van der Waals surface area contributed by atoms with Crippen LogP contribution in [-0.4, -0.2) is 114 Å². The van der Waals surface area contributed by atoms with Crippen LogP contribution < -0.4 is 16.0 Å². The lowest BCUT2D eigenvalue weighted by molar-refractivity contribution is -0.136. The Morgan fingerprint density at radius 3 is 2.36 bits per heavy atom. The van der Waals surface area contributed by atoms with Gasteiger partial charge in [0.2, 0.25) is 11.8 Å². The third kappa shape index (κ3) is 7.60. The molecule has 4 aromatic rings. The average molecular weight is 797 g/mol. The van der Waals surface area contributed by atoms with Gasteiger partial charge in [-0.15, -0.1) is 0 Å². The lowest BCUT2D eigenvalue weighted by Crippen LogP contribution is -2.54. The normalized spacial score (nSPS) is 19.8. The number of rotatable bonds is 16. The molecule has 3 N–H and O–H groups in total. The second-order valence-corrected chi connectivity index (χ2v) is 13.9. The molecule has 58 heavy (non-hydrogen) atoms. The highest BCUT2D eigenvalue weighted by atomic mass is 19.1. The Bertz CT molecular complexity index is 2320. The molecule has 0 spiro atoms. The molecule has 300 valence electrons. The minimum absolute atomic E-state index is 0.0426. The number of halogens is 2. The number of fused-ring (bicyclic) bond motifs is 1. The first kappa shape index (κ1) is 38.6. The molecule has 18 heteroatoms. The first-order chi connectivity index (χ1) is 28.2. The summed E-state index contributed by atoms with van der Waals surface area (Å²) in [7, 11) is 0. The Balaban J connectivity index is 0.782. The zero-order valence-electron chi connectivity index (χ0n) is 31.0. The Kier molecular flexibility index (Phi) is 11.1. The number of imide groups is 2. The molecular formula is C40H38F2N8O8. The molecular weight excluding hydrogens is 758 g/mol. The summed E-state index contributed by atoms with van der Waals surface area (Å²) < 4.78 is 47.3. The fourth-order valence-electron chi connectivity index (χ4n) is 7.72. The third-order valence-corrected chi connectivity index (χ3v) is 10.4. The lowest BCUT2D eigenvalue weighted by atomic mass is 9.78. The molecule has 0 radical (unpaired) electrons. The van der Waals surface area contributed by atoms with E-state index in [-0.39, 0.29) is 55.1 Å². The number of carbonyl (C=O) groups excluding carboxylic acids is 5. The molecule has 1 fully saturated rings. The maximum atomic E-state index is 14.6. The van der Waals surface area contributed by atoms with Gasteiger partial charge in [0.1, 0.15) is 36.4 Å². The van der Waals surface area contributed by atoms with Crippen LogP contribution in [0.15, 0.2) is 65.9 Å². The number of ketones is 1. The van der Waals surface area contributed by atoms with Gasteiger partial charge in [-0.25, -0.2) is 18.4 Å². The van der Waals surface area contributed by atoms with Crippen LogP contribution in [0.5, 0.6) is 0 Å². The van der Waals surface area contributed by atoms with Crippen molar-refractivity contribution in [1.82, 2.24) is 25.0 Å². The van der Waals surface area contributed by atoms with Gasteiger partial charge in [-0.3, -0.25) is 39.2 Å². The molecule has 0 aliphatic carbocycles. The van der Waals surface area contributed by atoms with Gasteiger partial charge in [0, 0.05) is 35.5 Å². The van der Waals surface area contributed by atoms with E-state index in [0.717, 1.165) is 10.5 Å². The van der Waals surface area contributed by atoms with E-state index in [1.54, 1.807) is 28.9 Å². The van der Waals surface area contributed by atoms with Crippen molar-refractivity contribution in [2.75, 3.05) is 63.4 Å². The van der Waals surface area contributed by atoms with Crippen LogP contribution in [0.25, 0.3) is 0 Å². The molecule has 5 heterocycles. The van der Waals surface area contributed by atoms with Gasteiger partial charge in [0.05, 0.1) is 75.0 Å². The fraction of sp³-hybridized carbons (Fsp3) is 0.350. The fourth-order valence-corrected chi connectivity index (χ4v) is 7.72. The van der Waals surface area contributed by atoms with Gasteiger partial charge >= 0.3 is 0 Å². The highest BCUT2D eigenvalue weighted by Gasteiger charge is 2.46. The number of nitrogens with zero attached hydrogens (tertiary/aromatic N) is 5. The highest BCUT2D eigenvalue weighted by molar-refractivity contribution is 6.25. The van der Waals surface area contributed by atoms with Crippen LogP contribution in [0.2, 0.25) is 0 Å². The largest absolute Gasteiger partial charge is 0.382 e. The predicted molar refractivity (Wildman–Crippen MR) is 202 cm³/mol. The summed E-state index contributed by atoms with van der Waals surface area (Å²) in [6.45, 7) is 2.33. The molecule has 3 atom stereocenters. The molecule has 16 nitrogen and oxygen atoms in total. The summed E-state index contributed by atoms with van der Waals surface area (Å²) in [5.74, 6) is -3.48. The number of aliphatic imine (C=N–C) groups is 1. The number of hydrogen-bond donors (Lipinski definition) is 3. The second kappa shape index (κ2) is 16.7. The molecule has 3 aromatic carbocycles. The van der Waals surface area contributed by atoms with Crippen molar-refractivity contribution in [2.45, 2.75) is 37.4 Å². The molecule has 0 bridgehead atoms. The van der Waals surface area contributed by atoms with Crippen LogP contribution in [0, 0.1) is 11.6 Å². The van der Waals surface area contributed by atoms with Crippen molar-refractivity contribution in [2.24, 2.45) is 4.99 Å². The number of anilines is 2. The first-order valence-electron chi connectivity index (χ1n) is 18.8. The molecule has 1 aromatic heterocycles. The van der Waals surface area contributed by atoms with Gasteiger partial charge in [0.15, 0.2) is 5.78 Å². The molecule has 4 amide bonds. The van der Waals surface area contributed by atoms with E-state index >= 15 is 0 Å². The van der Waals surface area contributed by atoms with Gasteiger partial charge in [-0.05, 0) is 48.4 Å². The van der Waals surface area contributed by atoms with Gasteiger partial charge in [-0.1, -0.05) is 18.2 Å². The second-order valence-electron chi connectivity index (χ2n) is 13.9. The molecule has 2 unspecified atom stereocenters. The van der Waals surface area contributed by atoms with E-state index in [1.807, 2.05) is 0 Å². The van der Waals surface area contributed by atoms with Crippen LogP contribution in [0.4, 0.5) is 20.2 Å². The number of benzene rings is 3. The molecule has 4 aliphatic heterocycles. The Morgan fingerprint density at radius 2 is 1.59 bits per heavy atom. The average Bonchev–Trinajstić information content (AvgIpc) is 3.77. The van der Waals surface area contributed by atoms with E-state index in [1.165, 1.54) is 36.7 Å². The van der Waals surface area contributed by atoms with Crippen molar-refractivity contribution >= 4 is 46.5 Å². The van der Waals surface area contributed by atoms with Crippen LogP contribution in [0.1, 0.15) is 72.8 Å². The topological polar surface area (TPSA) is 195 Å². The van der Waals surface area contributed by atoms with E-state index < -0.39 is 53.3 Å². The van der Waals surface area contributed by atoms with E-state index in [9.17, 15) is 32.8 Å². The van der Waals surface area contributed by atoms with Crippen molar-refractivity contribution in [3.05, 3.63) is 106 Å². The number of amides is 4. The number of carbonyl (C=O) groups is 5. The Morgan fingerprint density at radius 1 is 0.828 bits per heavy atom. The number of Topliss-reactive ketones (excluding diaryl/α,β-unsaturated/α-hetero) is 1. The SMILES string of the molecule is O=C1CCC(N2C(=O)c3cccc(NCCOCCOCCOCCn4ncnc4[C@H]4C5=NCC(=O)c6cc(F)cc(c65)NC4c4ccc(F)cc4)c3C2=O)C(=O)N1. The van der Waals surface area contributed by atoms with E-state index in [4.69, 9.17) is 14.2 Å². The third-order valence-electron chi connectivity index (χ3n) is 10.4. The maximum Gasteiger partial charge on any atom is 0.264 e. The van der Waals surface area contributed by atoms with Crippen molar-refractivity contribution < 1.29 is 47.0 Å². The quantitative estimate of drug-likeness (QED) is 0.111. The summed E-state index contributed by atoms with van der Waals surface area (Å²) in [4.78, 5) is 73.1. The van der Waals surface area contributed by atoms with E-state index in [2.05, 4.69) is 31.0 Å². The number of hydrogen-bond acceptors (Lipinski definition) is 13. The van der Waals surface area contributed by atoms with Crippen molar-refractivity contribution in [1.29, 1.82) is 0 Å². The number of piperidine rings is 1. The smallest absolute Gasteiger partial charge is 0.264 e. The van der Waals surface area contributed by atoms with Crippen molar-refractivity contribution in [3.63, 3.8) is 0 Å². The predicted octanol–water partition coefficient (Wildman–Crippen LogP) is 3.06. The molecule has 4 aliphatic rings. The summed E-state index contributed by atoms with van der Waals surface area (Å²) in [5, 5.41) is 13.1. The summed E-state index contributed by atoms with van der Waals surface area (Å²) in [6.07, 6.45) is 1.55. The summed E-state index contributed by atoms with van der Waals surface area (Å²) >= 11 is 0. The van der Waals surface area contributed by atoms with Gasteiger partial charge < -0.3 is 24.8 Å². The monoisotopic (exact) mass is 796 g/mol.